The summed E-state index contributed by atoms with van der Waals surface area (Å²) in [7, 11) is 0. The maximum atomic E-state index is 14.9. The van der Waals surface area contributed by atoms with Gasteiger partial charge in [0.2, 0.25) is 0 Å². The molecule has 0 heterocycles. The number of carbonyl (C=O) groups excluding carboxylic acids is 1. The van der Waals surface area contributed by atoms with Gasteiger partial charge in [0.1, 0.15) is 11.7 Å². The molecule has 0 aliphatic heterocycles. The van der Waals surface area contributed by atoms with Crippen LogP contribution in [0.5, 0.6) is 0 Å². The third kappa shape index (κ3) is 9.89. The summed E-state index contributed by atoms with van der Waals surface area (Å²) in [6, 6.07) is 5.27. The highest BCUT2D eigenvalue weighted by Gasteiger charge is 2.41. The van der Waals surface area contributed by atoms with E-state index in [4.69, 9.17) is 0 Å². The number of Topliss-reactive ketones (excluding diaryl/α,β-unsaturated/α-hetero) is 1. The van der Waals surface area contributed by atoms with Crippen molar-refractivity contribution in [2.24, 2.45) is 5.92 Å². The zero-order chi connectivity index (χ0) is 29.1. The average Bonchev–Trinajstić information content (AvgIpc) is 2.73. The van der Waals surface area contributed by atoms with Crippen LogP contribution in [0.2, 0.25) is 0 Å². The minimum absolute atomic E-state index is 0.144. The Balaban J connectivity index is 2.39. The van der Waals surface area contributed by atoms with Gasteiger partial charge >= 0.3 is 18.5 Å². The van der Waals surface area contributed by atoms with Crippen LogP contribution in [0.3, 0.4) is 0 Å². The Morgan fingerprint density at radius 2 is 1.53 bits per heavy atom. The Morgan fingerprint density at radius 1 is 0.947 bits per heavy atom. The molecule has 0 radical (unpaired) electrons. The largest absolute Gasteiger partial charge is 0.417 e. The van der Waals surface area contributed by atoms with Crippen LogP contribution >= 0.6 is 43.6 Å². The first kappa shape index (κ1) is 32.7. The molecule has 0 spiro atoms. The summed E-state index contributed by atoms with van der Waals surface area (Å²) in [5.74, 6) is -7.17. The number of carbonyl (C=O) groups is 1. The molecule has 1 unspecified atom stereocenters. The summed E-state index contributed by atoms with van der Waals surface area (Å²) in [6.07, 6.45) is -15.0. The second-order valence-electron chi connectivity index (χ2n) is 8.36. The second kappa shape index (κ2) is 12.8. The smallest absolute Gasteiger partial charge is 0.294 e. The second-order valence-corrected chi connectivity index (χ2v) is 11.2. The van der Waals surface area contributed by atoms with Crippen LogP contribution in [0.15, 0.2) is 51.4 Å². The van der Waals surface area contributed by atoms with Crippen molar-refractivity contribution in [1.82, 2.24) is 0 Å². The maximum absolute atomic E-state index is 14.9. The molecule has 2 aromatic rings. The Hall–Kier alpha value is -1.54. The van der Waals surface area contributed by atoms with E-state index in [1.165, 1.54) is 13.0 Å². The fourth-order valence-electron chi connectivity index (χ4n) is 3.41. The number of halogens is 12. The molecule has 14 heteroatoms. The van der Waals surface area contributed by atoms with E-state index in [-0.39, 0.29) is 32.4 Å². The summed E-state index contributed by atoms with van der Waals surface area (Å²) < 4.78 is 135. The molecule has 0 bridgehead atoms. The monoisotopic (exact) mass is 702 g/mol. The fraction of sp³-hybridized carbons (Fsp3) is 0.375. The Bertz CT molecular complexity index is 1150. The molecule has 0 amide bonds. The van der Waals surface area contributed by atoms with Crippen LogP contribution in [0.25, 0.3) is 5.83 Å². The van der Waals surface area contributed by atoms with Crippen LogP contribution < -0.4 is 0 Å². The van der Waals surface area contributed by atoms with Gasteiger partial charge in [-0.05, 0) is 47.6 Å². The minimum atomic E-state index is -5.16. The molecule has 0 saturated carbocycles. The molecule has 0 aliphatic carbocycles. The van der Waals surface area contributed by atoms with Gasteiger partial charge in [-0.15, -0.1) is 0 Å². The lowest BCUT2D eigenvalue weighted by atomic mass is 9.93. The molecule has 38 heavy (non-hydrogen) atoms. The Kier molecular flexibility index (Phi) is 11.0. The number of hydrogen-bond acceptors (Lipinski definition) is 2. The topological polar surface area (TPSA) is 17.1 Å². The normalized spacial score (nSPS) is 14.9. The molecule has 0 N–H and O–H groups in total. The molecule has 2 aromatic carbocycles. The van der Waals surface area contributed by atoms with Crippen molar-refractivity contribution in [2.75, 3.05) is 11.5 Å². The van der Waals surface area contributed by atoms with E-state index in [0.717, 1.165) is 18.2 Å². The highest BCUT2D eigenvalue weighted by molar-refractivity contribution is 9.11. The van der Waals surface area contributed by atoms with Crippen molar-refractivity contribution in [3.8, 4) is 0 Å². The molecule has 0 fully saturated rings. The van der Waals surface area contributed by atoms with E-state index in [1.807, 2.05) is 0 Å². The third-order valence-corrected chi connectivity index (χ3v) is 7.26. The van der Waals surface area contributed by atoms with E-state index in [2.05, 4.69) is 31.9 Å². The van der Waals surface area contributed by atoms with E-state index in [1.54, 1.807) is 0 Å². The first-order chi connectivity index (χ1) is 17.3. The highest BCUT2D eigenvalue weighted by Crippen LogP contribution is 2.41. The van der Waals surface area contributed by atoms with Gasteiger partial charge in [-0.3, -0.25) is 4.79 Å². The van der Waals surface area contributed by atoms with Crippen molar-refractivity contribution in [2.45, 2.75) is 37.8 Å². The number of rotatable bonds is 9. The first-order valence-electron chi connectivity index (χ1n) is 10.6. The number of benzene rings is 2. The van der Waals surface area contributed by atoms with Crippen LogP contribution in [-0.2, 0) is 6.18 Å². The lowest BCUT2D eigenvalue weighted by Gasteiger charge is -2.19. The summed E-state index contributed by atoms with van der Waals surface area (Å²) in [4.78, 5) is 12.5. The van der Waals surface area contributed by atoms with E-state index in [9.17, 15) is 48.7 Å². The van der Waals surface area contributed by atoms with Crippen molar-refractivity contribution in [3.63, 3.8) is 0 Å². The standard InChI is InChI=1S/C24H18Br2F10OS/c1-12(10-38-11-22(28,29)30)4-21(37)17-3-2-13(7-19(17)24(34,35)36)20(27)9-18(23(31,32)33)14-5-15(25)8-16(26)6-14/h2-3,5-9,12,18H,4,10-11H2,1H3/b20-9-/t12-,18?/m0/s1. The molecule has 210 valence electrons. The van der Waals surface area contributed by atoms with Crippen molar-refractivity contribution in [3.05, 3.63) is 73.7 Å². The van der Waals surface area contributed by atoms with Gasteiger partial charge in [-0.1, -0.05) is 50.9 Å². The van der Waals surface area contributed by atoms with Gasteiger partial charge < -0.3 is 0 Å². The van der Waals surface area contributed by atoms with Gasteiger partial charge in [0, 0.05) is 26.5 Å². The number of allylic oxidation sites excluding steroid dienone is 1. The molecule has 0 aliphatic rings. The average molecular weight is 704 g/mol. The van der Waals surface area contributed by atoms with Gasteiger partial charge in [-0.25, -0.2) is 4.39 Å². The SMILES string of the molecule is C[C@H](CSCC(F)(F)F)CC(=O)c1ccc(/C(F)=C/C(c2cc(Br)cc(Br)c2)C(F)(F)F)cc1C(F)(F)F. The predicted octanol–water partition coefficient (Wildman–Crippen LogP) is 10.4. The summed E-state index contributed by atoms with van der Waals surface area (Å²) >= 11 is 6.54. The molecule has 0 saturated heterocycles. The zero-order valence-corrected chi connectivity index (χ0v) is 23.2. The Labute approximate surface area is 232 Å². The summed E-state index contributed by atoms with van der Waals surface area (Å²) in [5, 5.41) is 0. The Morgan fingerprint density at radius 3 is 2.03 bits per heavy atom. The number of alkyl halides is 9. The van der Waals surface area contributed by atoms with Gasteiger partial charge in [-0.2, -0.15) is 51.3 Å². The number of hydrogen-bond donors (Lipinski definition) is 0. The lowest BCUT2D eigenvalue weighted by molar-refractivity contribution is -0.140. The van der Waals surface area contributed by atoms with Crippen molar-refractivity contribution in [1.29, 1.82) is 0 Å². The predicted molar refractivity (Wildman–Crippen MR) is 133 cm³/mol. The van der Waals surface area contributed by atoms with E-state index < -0.39 is 70.8 Å². The van der Waals surface area contributed by atoms with Crippen molar-refractivity contribution >= 4 is 55.2 Å². The summed E-state index contributed by atoms with van der Waals surface area (Å²) in [5.41, 5.74) is -3.63. The molecule has 0 aromatic heterocycles. The number of ketones is 1. The zero-order valence-electron chi connectivity index (χ0n) is 19.2. The minimum Gasteiger partial charge on any atom is -0.294 e. The van der Waals surface area contributed by atoms with Crippen molar-refractivity contribution < 1.29 is 48.7 Å². The lowest BCUT2D eigenvalue weighted by Crippen LogP contribution is -2.19. The van der Waals surface area contributed by atoms with Crippen LogP contribution in [0.4, 0.5) is 43.9 Å². The maximum Gasteiger partial charge on any atom is 0.417 e. The third-order valence-electron chi connectivity index (χ3n) is 5.01. The first-order valence-corrected chi connectivity index (χ1v) is 13.3. The number of thioether (sulfide) groups is 1. The summed E-state index contributed by atoms with van der Waals surface area (Å²) in [6.45, 7) is 1.39. The van der Waals surface area contributed by atoms with E-state index in [0.29, 0.717) is 17.8 Å². The quantitative estimate of drug-likeness (QED) is 0.191. The molecular weight excluding hydrogens is 686 g/mol. The molecule has 1 nitrogen and oxygen atoms in total. The van der Waals surface area contributed by atoms with E-state index >= 15 is 0 Å². The van der Waals surface area contributed by atoms with Crippen LogP contribution in [0, 0.1) is 5.92 Å². The van der Waals surface area contributed by atoms with Crippen LogP contribution in [0.1, 0.15) is 46.3 Å². The van der Waals surface area contributed by atoms with Crippen LogP contribution in [-0.4, -0.2) is 29.6 Å². The molecule has 2 rings (SSSR count). The van der Waals surface area contributed by atoms with Gasteiger partial charge in [0.05, 0.1) is 11.3 Å². The fourth-order valence-corrected chi connectivity index (χ4v) is 5.61. The van der Waals surface area contributed by atoms with Gasteiger partial charge in [0.25, 0.3) is 0 Å². The molecular formula is C24H18Br2F10OS. The molecule has 2 atom stereocenters. The van der Waals surface area contributed by atoms with Gasteiger partial charge in [0.15, 0.2) is 5.78 Å². The highest BCUT2D eigenvalue weighted by atomic mass is 79.9.